The molecule has 2 aromatic heterocycles. The normalized spacial score (nSPS) is 18.6. The average molecular weight is 740 g/mol. The van der Waals surface area contributed by atoms with Gasteiger partial charge in [-0.05, 0) is 83.3 Å². The van der Waals surface area contributed by atoms with Crippen LogP contribution in [-0.4, -0.2) is 5.60 Å². The highest BCUT2D eigenvalue weighted by Crippen LogP contribution is 2.62. The fraction of sp³-hybridized carbons (Fsp3) is 0.115. The van der Waals surface area contributed by atoms with Crippen LogP contribution < -0.4 is 9.64 Å². The molecule has 0 radical (unpaired) electrons. The second-order valence-corrected chi connectivity index (χ2v) is 17.2. The predicted octanol–water partition coefficient (Wildman–Crippen LogP) is 14.4. The number of thiophene rings is 1. The fourth-order valence-electron chi connectivity index (χ4n) is 10.2. The van der Waals surface area contributed by atoms with E-state index in [0.717, 1.165) is 50.7 Å². The van der Waals surface area contributed by atoms with Crippen molar-refractivity contribution in [2.24, 2.45) is 0 Å². The largest absolute Gasteiger partial charge is 0.481 e. The van der Waals surface area contributed by atoms with Crippen LogP contribution in [0.25, 0.3) is 53.9 Å². The van der Waals surface area contributed by atoms with Gasteiger partial charge in [0.05, 0.1) is 22.0 Å². The molecule has 2 atom stereocenters. The molecule has 0 spiro atoms. The Balaban J connectivity index is 1.14. The smallest absolute Gasteiger partial charge is 0.143 e. The Hall–Kier alpha value is -6.36. The van der Waals surface area contributed by atoms with Crippen LogP contribution in [0.1, 0.15) is 60.3 Å². The number of para-hydroxylation sites is 1. The molecule has 0 amide bonds. The molecule has 0 bridgehead atoms. The van der Waals surface area contributed by atoms with E-state index in [1.807, 2.05) is 11.3 Å². The van der Waals surface area contributed by atoms with Gasteiger partial charge in [0.1, 0.15) is 22.7 Å². The number of benzene rings is 7. The zero-order chi connectivity index (χ0) is 37.3. The van der Waals surface area contributed by atoms with Crippen molar-refractivity contribution in [3.05, 3.63) is 191 Å². The number of furan rings is 1. The van der Waals surface area contributed by atoms with Gasteiger partial charge in [0.25, 0.3) is 0 Å². The summed E-state index contributed by atoms with van der Waals surface area (Å²) in [5.74, 6) is 1.68. The van der Waals surface area contributed by atoms with Crippen molar-refractivity contribution in [1.82, 2.24) is 0 Å². The minimum Gasteiger partial charge on any atom is -0.481 e. The number of ether oxygens (including phenoxy) is 1. The molecule has 268 valence electrons. The molecule has 4 heteroatoms. The number of hydrogen-bond acceptors (Lipinski definition) is 4. The summed E-state index contributed by atoms with van der Waals surface area (Å²) in [7, 11) is 0. The van der Waals surface area contributed by atoms with Crippen LogP contribution in [0.5, 0.6) is 5.75 Å². The lowest BCUT2D eigenvalue weighted by Gasteiger charge is -2.38. The molecule has 7 aromatic carbocycles. The summed E-state index contributed by atoms with van der Waals surface area (Å²) in [6.45, 7) is 7.00. The van der Waals surface area contributed by atoms with E-state index in [-0.39, 0.29) is 11.3 Å². The zero-order valence-electron chi connectivity index (χ0n) is 31.3. The highest BCUT2D eigenvalue weighted by atomic mass is 32.1. The van der Waals surface area contributed by atoms with Crippen molar-refractivity contribution in [3.8, 4) is 16.9 Å². The maximum Gasteiger partial charge on any atom is 0.143 e. The van der Waals surface area contributed by atoms with Gasteiger partial charge < -0.3 is 14.1 Å². The van der Waals surface area contributed by atoms with Gasteiger partial charge in [-0.1, -0.05) is 129 Å². The molecular formula is C52H37NO2S. The molecule has 0 saturated heterocycles. The highest BCUT2D eigenvalue weighted by molar-refractivity contribution is 7.26. The van der Waals surface area contributed by atoms with E-state index in [0.29, 0.717) is 0 Å². The van der Waals surface area contributed by atoms with Gasteiger partial charge in [-0.2, -0.15) is 0 Å². The monoisotopic (exact) mass is 739 g/mol. The first kappa shape index (κ1) is 31.9. The number of nitrogens with zero attached hydrogens (tertiary/aromatic N) is 1. The summed E-state index contributed by atoms with van der Waals surface area (Å²) in [6.07, 6.45) is 2.27. The van der Waals surface area contributed by atoms with E-state index in [2.05, 4.69) is 189 Å². The number of rotatable bonds is 4. The predicted molar refractivity (Wildman–Crippen MR) is 233 cm³/mol. The lowest BCUT2D eigenvalue weighted by molar-refractivity contribution is 0.147. The quantitative estimate of drug-likeness (QED) is 0.180. The van der Waals surface area contributed by atoms with Crippen LogP contribution in [0.3, 0.4) is 0 Å². The Morgan fingerprint density at radius 1 is 0.607 bits per heavy atom. The van der Waals surface area contributed by atoms with E-state index in [1.165, 1.54) is 53.6 Å². The third-order valence-corrected chi connectivity index (χ3v) is 13.9. The molecule has 0 N–H and O–H groups in total. The first-order valence-corrected chi connectivity index (χ1v) is 20.3. The first-order chi connectivity index (χ1) is 27.4. The van der Waals surface area contributed by atoms with Gasteiger partial charge >= 0.3 is 0 Å². The van der Waals surface area contributed by atoms with Crippen LogP contribution >= 0.6 is 11.3 Å². The molecule has 2 aliphatic carbocycles. The van der Waals surface area contributed by atoms with Crippen LogP contribution in [0.15, 0.2) is 162 Å². The maximum atomic E-state index is 7.35. The Bertz CT molecular complexity index is 3130. The average Bonchev–Trinajstić information content (AvgIpc) is 3.94. The molecule has 2 unspecified atom stereocenters. The Morgan fingerprint density at radius 2 is 1.32 bits per heavy atom. The van der Waals surface area contributed by atoms with Gasteiger partial charge in [0.15, 0.2) is 0 Å². The van der Waals surface area contributed by atoms with Crippen LogP contribution in [0.4, 0.5) is 17.1 Å². The van der Waals surface area contributed by atoms with E-state index < -0.39 is 5.60 Å². The van der Waals surface area contributed by atoms with E-state index in [9.17, 15) is 0 Å². The van der Waals surface area contributed by atoms with Crippen molar-refractivity contribution in [3.63, 3.8) is 0 Å². The number of hydrogen-bond donors (Lipinski definition) is 0. The Morgan fingerprint density at radius 3 is 2.21 bits per heavy atom. The molecule has 56 heavy (non-hydrogen) atoms. The van der Waals surface area contributed by atoms with E-state index >= 15 is 0 Å². The van der Waals surface area contributed by atoms with Crippen LogP contribution in [0.2, 0.25) is 0 Å². The summed E-state index contributed by atoms with van der Waals surface area (Å²) in [6, 6.07) is 57.3. The Kier molecular flexibility index (Phi) is 6.47. The highest BCUT2D eigenvalue weighted by Gasteiger charge is 2.53. The summed E-state index contributed by atoms with van der Waals surface area (Å²) in [5, 5.41) is 3.68. The van der Waals surface area contributed by atoms with Gasteiger partial charge in [0.2, 0.25) is 0 Å². The molecule has 3 aliphatic rings. The third-order valence-electron chi connectivity index (χ3n) is 12.7. The van der Waals surface area contributed by atoms with Crippen molar-refractivity contribution in [2.45, 2.75) is 37.7 Å². The molecule has 0 saturated carbocycles. The summed E-state index contributed by atoms with van der Waals surface area (Å²) in [4.78, 5) is 2.50. The number of fused-ring (bicyclic) bond motifs is 12. The van der Waals surface area contributed by atoms with Gasteiger partial charge in [-0.25, -0.2) is 0 Å². The minimum atomic E-state index is -0.698. The second-order valence-electron chi connectivity index (χ2n) is 16.1. The summed E-state index contributed by atoms with van der Waals surface area (Å²) in [5.41, 5.74) is 13.4. The molecule has 3 heterocycles. The minimum absolute atomic E-state index is 0.0959. The van der Waals surface area contributed by atoms with Gasteiger partial charge in [0, 0.05) is 48.7 Å². The molecule has 12 rings (SSSR count). The zero-order valence-corrected chi connectivity index (χ0v) is 32.2. The van der Waals surface area contributed by atoms with E-state index in [4.69, 9.17) is 9.15 Å². The van der Waals surface area contributed by atoms with Gasteiger partial charge in [-0.3, -0.25) is 0 Å². The maximum absolute atomic E-state index is 7.35. The first-order valence-electron chi connectivity index (χ1n) is 19.5. The van der Waals surface area contributed by atoms with Crippen LogP contribution in [0, 0.1) is 0 Å². The topological polar surface area (TPSA) is 25.6 Å². The van der Waals surface area contributed by atoms with Crippen molar-refractivity contribution in [1.29, 1.82) is 0 Å². The van der Waals surface area contributed by atoms with Crippen molar-refractivity contribution in [2.75, 3.05) is 4.90 Å². The summed E-state index contributed by atoms with van der Waals surface area (Å²) >= 11 is 1.86. The SMILES string of the molecule is CC1(C)c2ccccc2-c2ccc(N(c3cccc4c3C3=Cc5oc6ccccc6c5C(c5ccccc5)C3(C)O4)c3cccc4c3sc3ccccc34)cc21. The lowest BCUT2D eigenvalue weighted by atomic mass is 9.69. The Labute approximate surface area is 329 Å². The fourth-order valence-corrected chi connectivity index (χ4v) is 11.4. The van der Waals surface area contributed by atoms with E-state index in [1.54, 1.807) is 0 Å². The third kappa shape index (κ3) is 4.22. The van der Waals surface area contributed by atoms with Crippen molar-refractivity contribution < 1.29 is 9.15 Å². The van der Waals surface area contributed by atoms with Crippen LogP contribution in [-0.2, 0) is 5.41 Å². The molecule has 9 aromatic rings. The molecule has 1 aliphatic heterocycles. The summed E-state index contributed by atoms with van der Waals surface area (Å²) < 4.78 is 16.6. The van der Waals surface area contributed by atoms with Crippen molar-refractivity contribution >= 4 is 71.2 Å². The molecular weight excluding hydrogens is 703 g/mol. The standard InChI is InChI=1S/C52H37NO2S/c1-51(2)38-21-10-7-17-33(38)34-28-27-32(29-39(34)51)53(42-23-13-20-36-35-18-9-12-26-46(35)56-50(36)42)41-22-14-25-44-48(41)40-30-45-47(37-19-8-11-24-43(37)54-45)49(52(40,3)55-44)31-15-5-4-6-16-31/h4-30,49H,1-3H3. The van der Waals surface area contributed by atoms with Gasteiger partial charge in [-0.15, -0.1) is 11.3 Å². The molecule has 0 fully saturated rings. The second kappa shape index (κ2) is 11.3. The molecule has 3 nitrogen and oxygen atoms in total. The number of anilines is 3. The lowest BCUT2D eigenvalue weighted by Crippen LogP contribution is -2.39.